The lowest BCUT2D eigenvalue weighted by atomic mass is 10.2. The summed E-state index contributed by atoms with van der Waals surface area (Å²) in [6.45, 7) is 1.52. The molecule has 0 radical (unpaired) electrons. The molecule has 1 aliphatic heterocycles. The molecular formula is C17H17ClN2O. The highest BCUT2D eigenvalue weighted by Crippen LogP contribution is 2.24. The summed E-state index contributed by atoms with van der Waals surface area (Å²) in [5.41, 5.74) is 3.10. The number of carbonyl (C=O) groups is 1. The maximum absolute atomic E-state index is 11.8. The number of anilines is 2. The first kappa shape index (κ1) is 14.0. The molecule has 1 N–H and O–H groups in total. The molecule has 1 heterocycles. The molecule has 21 heavy (non-hydrogen) atoms. The van der Waals surface area contributed by atoms with E-state index in [2.05, 4.69) is 5.32 Å². The molecule has 0 aliphatic carbocycles. The third kappa shape index (κ3) is 3.37. The van der Waals surface area contributed by atoms with Gasteiger partial charge in [0.15, 0.2) is 0 Å². The van der Waals surface area contributed by atoms with Gasteiger partial charge in [0.25, 0.3) is 0 Å². The first-order chi connectivity index (χ1) is 10.2. The van der Waals surface area contributed by atoms with Gasteiger partial charge in [0.05, 0.1) is 0 Å². The third-order valence-corrected chi connectivity index (χ3v) is 3.85. The van der Waals surface area contributed by atoms with Gasteiger partial charge < -0.3 is 10.2 Å². The fraction of sp³-hybridized carbons (Fsp3) is 0.235. The molecule has 4 heteroatoms. The van der Waals surface area contributed by atoms with E-state index in [0.717, 1.165) is 34.9 Å². The molecule has 0 bridgehead atoms. The van der Waals surface area contributed by atoms with Crippen LogP contribution in [-0.4, -0.2) is 12.5 Å². The van der Waals surface area contributed by atoms with Crippen molar-refractivity contribution in [1.29, 1.82) is 0 Å². The van der Waals surface area contributed by atoms with E-state index in [-0.39, 0.29) is 5.91 Å². The minimum Gasteiger partial charge on any atom is -0.381 e. The van der Waals surface area contributed by atoms with E-state index in [9.17, 15) is 4.79 Å². The van der Waals surface area contributed by atoms with Crippen LogP contribution in [0.3, 0.4) is 0 Å². The van der Waals surface area contributed by atoms with Crippen LogP contribution in [0.25, 0.3) is 0 Å². The predicted octanol–water partition coefficient (Wildman–Crippen LogP) is 4.08. The van der Waals surface area contributed by atoms with Crippen molar-refractivity contribution in [2.24, 2.45) is 0 Å². The van der Waals surface area contributed by atoms with E-state index < -0.39 is 0 Å². The van der Waals surface area contributed by atoms with Gasteiger partial charge in [0.2, 0.25) is 5.91 Å². The van der Waals surface area contributed by atoms with Gasteiger partial charge in [-0.1, -0.05) is 29.8 Å². The second kappa shape index (κ2) is 6.19. The summed E-state index contributed by atoms with van der Waals surface area (Å²) in [6.07, 6.45) is 1.60. The topological polar surface area (TPSA) is 32.3 Å². The van der Waals surface area contributed by atoms with Crippen LogP contribution < -0.4 is 10.2 Å². The summed E-state index contributed by atoms with van der Waals surface area (Å²) in [4.78, 5) is 13.6. The summed E-state index contributed by atoms with van der Waals surface area (Å²) in [6, 6.07) is 15.8. The molecule has 1 aliphatic rings. The Kier molecular flexibility index (Phi) is 4.11. The van der Waals surface area contributed by atoms with Crippen LogP contribution in [0, 0.1) is 0 Å². The van der Waals surface area contributed by atoms with E-state index in [1.807, 2.05) is 53.4 Å². The monoisotopic (exact) mass is 300 g/mol. The Balaban J connectivity index is 1.70. The molecule has 1 amide bonds. The predicted molar refractivity (Wildman–Crippen MR) is 86.8 cm³/mol. The normalized spacial score (nSPS) is 14.5. The van der Waals surface area contributed by atoms with E-state index in [0.29, 0.717) is 13.0 Å². The van der Waals surface area contributed by atoms with Crippen LogP contribution in [0.4, 0.5) is 11.4 Å². The Morgan fingerprint density at radius 3 is 2.76 bits per heavy atom. The average Bonchev–Trinajstić information content (AvgIpc) is 2.92. The molecule has 1 fully saturated rings. The number of rotatable bonds is 4. The van der Waals surface area contributed by atoms with Crippen molar-refractivity contribution in [3.8, 4) is 0 Å². The summed E-state index contributed by atoms with van der Waals surface area (Å²) in [7, 11) is 0. The Morgan fingerprint density at radius 1 is 1.14 bits per heavy atom. The van der Waals surface area contributed by atoms with Crippen LogP contribution >= 0.6 is 11.6 Å². The summed E-state index contributed by atoms with van der Waals surface area (Å²) in [5, 5.41) is 4.11. The second-order valence-corrected chi connectivity index (χ2v) is 5.62. The molecule has 0 atom stereocenters. The van der Waals surface area contributed by atoms with Gasteiger partial charge in [0.1, 0.15) is 0 Å². The van der Waals surface area contributed by atoms with Crippen LogP contribution in [0.5, 0.6) is 0 Å². The fourth-order valence-electron chi connectivity index (χ4n) is 2.56. The number of carbonyl (C=O) groups excluding carboxylic acids is 1. The van der Waals surface area contributed by atoms with Gasteiger partial charge >= 0.3 is 0 Å². The van der Waals surface area contributed by atoms with Crippen LogP contribution in [0.15, 0.2) is 48.5 Å². The van der Waals surface area contributed by atoms with Gasteiger partial charge in [-0.15, -0.1) is 0 Å². The summed E-state index contributed by atoms with van der Waals surface area (Å²) in [5.74, 6) is 0.210. The number of hydrogen-bond acceptors (Lipinski definition) is 2. The molecule has 0 spiro atoms. The first-order valence-corrected chi connectivity index (χ1v) is 7.49. The largest absolute Gasteiger partial charge is 0.381 e. The van der Waals surface area contributed by atoms with E-state index in [4.69, 9.17) is 11.6 Å². The van der Waals surface area contributed by atoms with Gasteiger partial charge in [0, 0.05) is 35.9 Å². The zero-order chi connectivity index (χ0) is 14.7. The van der Waals surface area contributed by atoms with E-state index >= 15 is 0 Å². The van der Waals surface area contributed by atoms with Crippen LogP contribution in [0.1, 0.15) is 18.4 Å². The van der Waals surface area contributed by atoms with Gasteiger partial charge in [-0.05, 0) is 42.3 Å². The lowest BCUT2D eigenvalue weighted by Gasteiger charge is -2.17. The van der Waals surface area contributed by atoms with Crippen molar-refractivity contribution in [2.75, 3.05) is 16.8 Å². The lowest BCUT2D eigenvalue weighted by Crippen LogP contribution is -2.23. The standard InChI is InChI=1S/C17H17ClN2O/c18-14-5-1-4-13(10-14)12-19-15-6-2-7-16(11-15)20-9-3-8-17(20)21/h1-2,4-7,10-11,19H,3,8-9,12H2. The molecule has 3 rings (SSSR count). The van der Waals surface area contributed by atoms with Crippen LogP contribution in [0.2, 0.25) is 5.02 Å². The number of nitrogens with zero attached hydrogens (tertiary/aromatic N) is 1. The van der Waals surface area contributed by atoms with E-state index in [1.165, 1.54) is 0 Å². The van der Waals surface area contributed by atoms with Crippen molar-refractivity contribution >= 4 is 28.9 Å². The molecular weight excluding hydrogens is 284 g/mol. The van der Waals surface area contributed by atoms with Gasteiger partial charge in [-0.25, -0.2) is 0 Å². The Morgan fingerprint density at radius 2 is 2.00 bits per heavy atom. The molecule has 108 valence electrons. The second-order valence-electron chi connectivity index (χ2n) is 5.18. The number of nitrogens with one attached hydrogen (secondary N) is 1. The Hall–Kier alpha value is -2.00. The lowest BCUT2D eigenvalue weighted by molar-refractivity contribution is -0.117. The minimum atomic E-state index is 0.210. The van der Waals surface area contributed by atoms with Gasteiger partial charge in [-0.2, -0.15) is 0 Å². The van der Waals surface area contributed by atoms with Gasteiger partial charge in [-0.3, -0.25) is 4.79 Å². The van der Waals surface area contributed by atoms with Crippen molar-refractivity contribution in [3.63, 3.8) is 0 Å². The first-order valence-electron chi connectivity index (χ1n) is 7.11. The SMILES string of the molecule is O=C1CCCN1c1cccc(NCc2cccc(Cl)c2)c1. The highest BCUT2D eigenvalue weighted by atomic mass is 35.5. The molecule has 2 aromatic rings. The zero-order valence-corrected chi connectivity index (χ0v) is 12.4. The maximum Gasteiger partial charge on any atom is 0.227 e. The summed E-state index contributed by atoms with van der Waals surface area (Å²) >= 11 is 5.98. The maximum atomic E-state index is 11.8. The van der Waals surface area contributed by atoms with Crippen molar-refractivity contribution in [1.82, 2.24) is 0 Å². The molecule has 0 unspecified atom stereocenters. The zero-order valence-electron chi connectivity index (χ0n) is 11.7. The third-order valence-electron chi connectivity index (χ3n) is 3.62. The van der Waals surface area contributed by atoms with Crippen molar-refractivity contribution in [2.45, 2.75) is 19.4 Å². The molecule has 0 saturated carbocycles. The van der Waals surface area contributed by atoms with E-state index in [1.54, 1.807) is 0 Å². The molecule has 0 aromatic heterocycles. The minimum absolute atomic E-state index is 0.210. The molecule has 1 saturated heterocycles. The number of benzene rings is 2. The average molecular weight is 301 g/mol. The summed E-state index contributed by atoms with van der Waals surface area (Å²) < 4.78 is 0. The van der Waals surface area contributed by atoms with Crippen LogP contribution in [-0.2, 0) is 11.3 Å². The number of halogens is 1. The highest BCUT2D eigenvalue weighted by Gasteiger charge is 2.21. The Labute approximate surface area is 129 Å². The quantitative estimate of drug-likeness (QED) is 0.923. The highest BCUT2D eigenvalue weighted by molar-refractivity contribution is 6.30. The van der Waals surface area contributed by atoms with Crippen molar-refractivity contribution in [3.05, 3.63) is 59.1 Å². The smallest absolute Gasteiger partial charge is 0.227 e. The number of hydrogen-bond donors (Lipinski definition) is 1. The van der Waals surface area contributed by atoms with Crippen molar-refractivity contribution < 1.29 is 4.79 Å². The fourth-order valence-corrected chi connectivity index (χ4v) is 2.77. The Bertz CT molecular complexity index is 657. The molecule has 2 aromatic carbocycles. The number of amides is 1. The molecule has 3 nitrogen and oxygen atoms in total.